The van der Waals surface area contributed by atoms with Gasteiger partial charge in [0.1, 0.15) is 0 Å². The number of hydrogen-bond donors (Lipinski definition) is 0. The molecule has 1 heterocycles. The van der Waals surface area contributed by atoms with Crippen molar-refractivity contribution in [1.82, 2.24) is 9.80 Å². The first-order chi connectivity index (χ1) is 13.9. The molecule has 0 unspecified atom stereocenters. The van der Waals surface area contributed by atoms with Gasteiger partial charge >= 0.3 is 0 Å². The highest BCUT2D eigenvalue weighted by Gasteiger charge is 2.23. The summed E-state index contributed by atoms with van der Waals surface area (Å²) in [5, 5.41) is 0. The minimum Gasteiger partial charge on any atom is -0.340 e. The average Bonchev–Trinajstić information content (AvgIpc) is 2.89. The van der Waals surface area contributed by atoms with Crippen LogP contribution in [0.15, 0.2) is 71.1 Å². The van der Waals surface area contributed by atoms with Gasteiger partial charge in [-0.3, -0.25) is 9.69 Å². The van der Waals surface area contributed by atoms with E-state index in [0.717, 1.165) is 13.1 Å². The van der Waals surface area contributed by atoms with Crippen molar-refractivity contribution >= 4 is 21.8 Å². The molecule has 0 radical (unpaired) electrons. The Bertz CT molecular complexity index is 941. The van der Waals surface area contributed by atoms with Gasteiger partial charge in [0, 0.05) is 39.1 Å². The Morgan fingerprint density at radius 1 is 0.966 bits per heavy atom. The molecule has 1 aliphatic heterocycles. The van der Waals surface area contributed by atoms with E-state index in [2.05, 4.69) is 30.0 Å². The van der Waals surface area contributed by atoms with Crippen LogP contribution in [0.2, 0.25) is 0 Å². The predicted molar refractivity (Wildman–Crippen MR) is 116 cm³/mol. The molecule has 0 N–H and O–H groups in total. The second-order valence-electron chi connectivity index (χ2n) is 7.44. The van der Waals surface area contributed by atoms with Crippen LogP contribution in [0.1, 0.15) is 18.9 Å². The van der Waals surface area contributed by atoms with Crippen LogP contribution in [-0.4, -0.2) is 62.6 Å². The fraction of sp³-hybridized carbons (Fsp3) is 0.348. The quantitative estimate of drug-likeness (QED) is 0.701. The van der Waals surface area contributed by atoms with E-state index < -0.39 is 9.84 Å². The van der Waals surface area contributed by atoms with Crippen LogP contribution in [0.25, 0.3) is 6.08 Å². The Labute approximate surface area is 173 Å². The van der Waals surface area contributed by atoms with Crippen LogP contribution in [0.5, 0.6) is 0 Å². The SMILES string of the molecule is CC(=Cc1ccccc1)CN1CCC(=O)N(CCS(=O)(=O)c2ccccc2)CC1. The van der Waals surface area contributed by atoms with Crippen molar-refractivity contribution in [1.29, 1.82) is 0 Å². The van der Waals surface area contributed by atoms with Crippen molar-refractivity contribution in [3.05, 3.63) is 71.8 Å². The molecule has 154 valence electrons. The molecule has 1 saturated heterocycles. The summed E-state index contributed by atoms with van der Waals surface area (Å²) in [6, 6.07) is 18.6. The first-order valence-corrected chi connectivity index (χ1v) is 11.6. The molecular formula is C23H28N2O3S. The lowest BCUT2D eigenvalue weighted by Crippen LogP contribution is -2.37. The molecule has 1 aliphatic rings. The number of carbonyl (C=O) groups excluding carboxylic acids is 1. The van der Waals surface area contributed by atoms with E-state index in [1.54, 1.807) is 35.2 Å². The second kappa shape index (κ2) is 9.85. The average molecular weight is 413 g/mol. The molecule has 0 atom stereocenters. The number of sulfone groups is 1. The van der Waals surface area contributed by atoms with Crippen molar-refractivity contribution < 1.29 is 13.2 Å². The third kappa shape index (κ3) is 6.27. The second-order valence-corrected chi connectivity index (χ2v) is 9.55. The number of amides is 1. The lowest BCUT2D eigenvalue weighted by Gasteiger charge is -2.22. The fourth-order valence-corrected chi connectivity index (χ4v) is 4.78. The summed E-state index contributed by atoms with van der Waals surface area (Å²) < 4.78 is 25.0. The summed E-state index contributed by atoms with van der Waals surface area (Å²) in [6.07, 6.45) is 2.58. The molecule has 0 aliphatic carbocycles. The summed E-state index contributed by atoms with van der Waals surface area (Å²) in [4.78, 5) is 16.7. The third-order valence-electron chi connectivity index (χ3n) is 5.10. The summed E-state index contributed by atoms with van der Waals surface area (Å²) in [5.74, 6) is -0.0177. The molecule has 0 spiro atoms. The number of benzene rings is 2. The van der Waals surface area contributed by atoms with E-state index in [0.29, 0.717) is 24.4 Å². The Morgan fingerprint density at radius 2 is 1.62 bits per heavy atom. The first kappa shape index (κ1) is 21.3. The van der Waals surface area contributed by atoms with E-state index in [1.165, 1.54) is 11.1 Å². The van der Waals surface area contributed by atoms with Crippen LogP contribution < -0.4 is 0 Å². The molecule has 1 amide bonds. The molecule has 5 nitrogen and oxygen atoms in total. The van der Waals surface area contributed by atoms with Crippen LogP contribution in [0, 0.1) is 0 Å². The molecule has 29 heavy (non-hydrogen) atoms. The molecule has 0 aromatic heterocycles. The maximum absolute atomic E-state index is 12.5. The maximum Gasteiger partial charge on any atom is 0.223 e. The molecule has 0 saturated carbocycles. The lowest BCUT2D eigenvalue weighted by atomic mass is 10.1. The Kier molecular flexibility index (Phi) is 7.23. The minimum atomic E-state index is -3.38. The standard InChI is InChI=1S/C23H28N2O3S/c1-20(18-21-8-4-2-5-9-21)19-24-13-12-23(26)25(15-14-24)16-17-29(27,28)22-10-6-3-7-11-22/h2-11,18H,12-17,19H2,1H3. The monoisotopic (exact) mass is 412 g/mol. The van der Waals surface area contributed by atoms with Gasteiger partial charge in [0.25, 0.3) is 0 Å². The normalized spacial score (nSPS) is 16.7. The van der Waals surface area contributed by atoms with Crippen LogP contribution >= 0.6 is 0 Å². The van der Waals surface area contributed by atoms with Gasteiger partial charge in [0.15, 0.2) is 9.84 Å². The number of hydrogen-bond acceptors (Lipinski definition) is 4. The molecule has 6 heteroatoms. The zero-order valence-corrected chi connectivity index (χ0v) is 17.6. The van der Waals surface area contributed by atoms with E-state index in [-0.39, 0.29) is 18.2 Å². The highest BCUT2D eigenvalue weighted by Crippen LogP contribution is 2.13. The van der Waals surface area contributed by atoms with E-state index in [1.807, 2.05) is 18.2 Å². The van der Waals surface area contributed by atoms with Gasteiger partial charge in [-0.2, -0.15) is 0 Å². The Balaban J connectivity index is 1.55. The van der Waals surface area contributed by atoms with Gasteiger partial charge in [0.05, 0.1) is 10.6 Å². The van der Waals surface area contributed by atoms with Gasteiger partial charge in [-0.15, -0.1) is 0 Å². The van der Waals surface area contributed by atoms with Crippen LogP contribution in [0.3, 0.4) is 0 Å². The molecule has 2 aromatic rings. The molecule has 2 aromatic carbocycles. The smallest absolute Gasteiger partial charge is 0.223 e. The minimum absolute atomic E-state index is 0.0282. The zero-order chi connectivity index (χ0) is 20.7. The van der Waals surface area contributed by atoms with Crippen molar-refractivity contribution in [3.63, 3.8) is 0 Å². The number of nitrogens with zero attached hydrogens (tertiary/aromatic N) is 2. The van der Waals surface area contributed by atoms with E-state index >= 15 is 0 Å². The highest BCUT2D eigenvalue weighted by atomic mass is 32.2. The molecule has 3 rings (SSSR count). The van der Waals surface area contributed by atoms with Crippen molar-refractivity contribution in [3.8, 4) is 0 Å². The molecule has 0 bridgehead atoms. The van der Waals surface area contributed by atoms with Crippen molar-refractivity contribution in [2.75, 3.05) is 38.5 Å². The van der Waals surface area contributed by atoms with Crippen molar-refractivity contribution in [2.24, 2.45) is 0 Å². The summed E-state index contributed by atoms with van der Waals surface area (Å²) in [6.45, 7) is 5.14. The third-order valence-corrected chi connectivity index (χ3v) is 6.81. The number of carbonyl (C=O) groups is 1. The van der Waals surface area contributed by atoms with E-state index in [4.69, 9.17) is 0 Å². The molecule has 1 fully saturated rings. The Morgan fingerprint density at radius 3 is 2.31 bits per heavy atom. The van der Waals surface area contributed by atoms with E-state index in [9.17, 15) is 13.2 Å². The largest absolute Gasteiger partial charge is 0.340 e. The summed E-state index contributed by atoms with van der Waals surface area (Å²) in [7, 11) is -3.38. The Hall–Kier alpha value is -2.44. The van der Waals surface area contributed by atoms with Gasteiger partial charge in [-0.1, -0.05) is 60.2 Å². The molecular weight excluding hydrogens is 384 g/mol. The number of rotatable bonds is 7. The van der Waals surface area contributed by atoms with Gasteiger partial charge in [-0.05, 0) is 24.6 Å². The fourth-order valence-electron chi connectivity index (χ4n) is 3.51. The van der Waals surface area contributed by atoms with Gasteiger partial charge < -0.3 is 4.90 Å². The maximum atomic E-state index is 12.5. The van der Waals surface area contributed by atoms with Crippen LogP contribution in [-0.2, 0) is 14.6 Å². The topological polar surface area (TPSA) is 57.7 Å². The van der Waals surface area contributed by atoms with Gasteiger partial charge in [-0.25, -0.2) is 8.42 Å². The predicted octanol–water partition coefficient (Wildman–Crippen LogP) is 3.10. The van der Waals surface area contributed by atoms with Crippen LogP contribution in [0.4, 0.5) is 0 Å². The highest BCUT2D eigenvalue weighted by molar-refractivity contribution is 7.91. The summed E-state index contributed by atoms with van der Waals surface area (Å²) >= 11 is 0. The lowest BCUT2D eigenvalue weighted by molar-refractivity contribution is -0.130. The van der Waals surface area contributed by atoms with Crippen molar-refractivity contribution in [2.45, 2.75) is 18.2 Å². The zero-order valence-electron chi connectivity index (χ0n) is 16.8. The summed E-state index contributed by atoms with van der Waals surface area (Å²) in [5.41, 5.74) is 2.41. The van der Waals surface area contributed by atoms with Gasteiger partial charge in [0.2, 0.25) is 5.91 Å². The first-order valence-electron chi connectivity index (χ1n) is 9.94.